The number of thiophene rings is 1. The molecule has 30 heavy (non-hydrogen) atoms. The number of fused-ring (bicyclic) bond motifs is 3. The van der Waals surface area contributed by atoms with Gasteiger partial charge in [0.1, 0.15) is 16.4 Å². The minimum atomic E-state index is 0.709. The molecular weight excluding hydrogens is 392 g/mol. The molecule has 0 fully saturated rings. The first kappa shape index (κ1) is 19.0. The summed E-state index contributed by atoms with van der Waals surface area (Å²) in [5.41, 5.74) is 3.35. The van der Waals surface area contributed by atoms with Gasteiger partial charge in [-0.05, 0) is 67.6 Å². The Balaban J connectivity index is 1.66. The van der Waals surface area contributed by atoms with Crippen LogP contribution in [-0.2, 0) is 12.8 Å². The molecule has 0 amide bonds. The lowest BCUT2D eigenvalue weighted by Crippen LogP contribution is -2.01. The number of hydrogen-bond donors (Lipinski definition) is 1. The van der Waals surface area contributed by atoms with Crippen LogP contribution in [0.15, 0.2) is 48.8 Å². The monoisotopic (exact) mass is 416 g/mol. The van der Waals surface area contributed by atoms with E-state index < -0.39 is 0 Å². The first-order valence-electron chi connectivity index (χ1n) is 10.5. The number of aryl methyl sites for hydroxylation is 2. The average Bonchev–Trinajstić information content (AvgIpc) is 3.11. The second kappa shape index (κ2) is 8.40. The van der Waals surface area contributed by atoms with Crippen molar-refractivity contribution in [3.05, 3.63) is 59.2 Å². The molecule has 0 spiro atoms. The zero-order chi connectivity index (χ0) is 20.3. The van der Waals surface area contributed by atoms with Gasteiger partial charge >= 0.3 is 0 Å². The van der Waals surface area contributed by atoms with Crippen LogP contribution >= 0.6 is 11.3 Å². The van der Waals surface area contributed by atoms with Gasteiger partial charge in [-0.25, -0.2) is 9.97 Å². The standard InChI is InChI=1S/C24H24N4OS/c1-29-18-12-10-17(11-13-18)26-23-21-19-8-4-2-3-5-9-20(19)30-24(21)28-22(27-23)16-7-6-14-25-15-16/h6-7,10-15H,2-5,8-9H2,1H3,(H,26,27,28). The summed E-state index contributed by atoms with van der Waals surface area (Å²) in [6, 6.07) is 11.9. The summed E-state index contributed by atoms with van der Waals surface area (Å²) in [5.74, 6) is 2.42. The molecule has 0 saturated carbocycles. The summed E-state index contributed by atoms with van der Waals surface area (Å²) in [6.07, 6.45) is 10.9. The summed E-state index contributed by atoms with van der Waals surface area (Å²) in [7, 11) is 1.68. The molecule has 1 N–H and O–H groups in total. The lowest BCUT2D eigenvalue weighted by Gasteiger charge is -2.13. The lowest BCUT2D eigenvalue weighted by molar-refractivity contribution is 0.415. The molecule has 1 aliphatic rings. The van der Waals surface area contributed by atoms with E-state index in [0.717, 1.165) is 40.5 Å². The fourth-order valence-electron chi connectivity index (χ4n) is 4.04. The van der Waals surface area contributed by atoms with Gasteiger partial charge < -0.3 is 10.1 Å². The first-order chi connectivity index (χ1) is 14.8. The second-order valence-corrected chi connectivity index (χ2v) is 8.67. The summed E-state index contributed by atoms with van der Waals surface area (Å²) in [5, 5.41) is 4.74. The van der Waals surface area contributed by atoms with E-state index in [1.54, 1.807) is 13.3 Å². The molecule has 4 aromatic rings. The molecular formula is C24H24N4OS. The quantitative estimate of drug-likeness (QED) is 0.431. The SMILES string of the molecule is COc1ccc(Nc2nc(-c3cccnc3)nc3sc4c(c23)CCCCCC4)cc1. The van der Waals surface area contributed by atoms with Gasteiger partial charge in [0, 0.05) is 28.5 Å². The predicted octanol–water partition coefficient (Wildman–Crippen LogP) is 6.16. The zero-order valence-corrected chi connectivity index (χ0v) is 17.8. The molecule has 0 bridgehead atoms. The molecule has 152 valence electrons. The highest BCUT2D eigenvalue weighted by Crippen LogP contribution is 2.39. The fraction of sp³-hybridized carbons (Fsp3) is 0.292. The van der Waals surface area contributed by atoms with E-state index in [9.17, 15) is 0 Å². The summed E-state index contributed by atoms with van der Waals surface area (Å²) >= 11 is 1.83. The van der Waals surface area contributed by atoms with Crippen molar-refractivity contribution in [1.29, 1.82) is 0 Å². The van der Waals surface area contributed by atoms with E-state index in [0.29, 0.717) is 5.82 Å². The molecule has 5 nitrogen and oxygen atoms in total. The Kier molecular flexibility index (Phi) is 5.32. The van der Waals surface area contributed by atoms with Crippen LogP contribution in [0.4, 0.5) is 11.5 Å². The third-order valence-electron chi connectivity index (χ3n) is 5.59. The molecule has 0 atom stereocenters. The van der Waals surface area contributed by atoms with Crippen LogP contribution in [0.3, 0.4) is 0 Å². The third kappa shape index (κ3) is 3.75. The molecule has 0 aliphatic heterocycles. The molecule has 5 rings (SSSR count). The zero-order valence-electron chi connectivity index (χ0n) is 17.0. The van der Waals surface area contributed by atoms with Crippen molar-refractivity contribution < 1.29 is 4.74 Å². The smallest absolute Gasteiger partial charge is 0.164 e. The van der Waals surface area contributed by atoms with Crippen LogP contribution in [0.5, 0.6) is 5.75 Å². The van der Waals surface area contributed by atoms with Crippen LogP contribution in [0.2, 0.25) is 0 Å². The molecule has 1 aliphatic carbocycles. The first-order valence-corrected chi connectivity index (χ1v) is 11.3. The van der Waals surface area contributed by atoms with Crippen LogP contribution in [0.1, 0.15) is 36.1 Å². The van der Waals surface area contributed by atoms with Crippen molar-refractivity contribution >= 4 is 33.1 Å². The lowest BCUT2D eigenvalue weighted by atomic mass is 9.98. The predicted molar refractivity (Wildman–Crippen MR) is 123 cm³/mol. The molecule has 1 aromatic carbocycles. The van der Waals surface area contributed by atoms with Gasteiger partial charge in [-0.1, -0.05) is 12.8 Å². The minimum absolute atomic E-state index is 0.709. The van der Waals surface area contributed by atoms with Crippen LogP contribution in [0.25, 0.3) is 21.6 Å². The average molecular weight is 417 g/mol. The maximum Gasteiger partial charge on any atom is 0.164 e. The van der Waals surface area contributed by atoms with Gasteiger partial charge in [-0.2, -0.15) is 0 Å². The number of rotatable bonds is 4. The molecule has 0 saturated heterocycles. The van der Waals surface area contributed by atoms with Gasteiger partial charge in [0.15, 0.2) is 5.82 Å². The highest BCUT2D eigenvalue weighted by atomic mass is 32.1. The Morgan fingerprint density at radius 2 is 1.80 bits per heavy atom. The topological polar surface area (TPSA) is 59.9 Å². The molecule has 0 radical (unpaired) electrons. The van der Waals surface area contributed by atoms with Crippen molar-refractivity contribution in [1.82, 2.24) is 15.0 Å². The summed E-state index contributed by atoms with van der Waals surface area (Å²) < 4.78 is 5.30. The van der Waals surface area contributed by atoms with E-state index in [-0.39, 0.29) is 0 Å². The normalized spacial score (nSPS) is 14.0. The molecule has 3 heterocycles. The number of benzene rings is 1. The Labute approximate surface area is 180 Å². The fourth-order valence-corrected chi connectivity index (χ4v) is 5.30. The van der Waals surface area contributed by atoms with Gasteiger partial charge in [0.2, 0.25) is 0 Å². The Bertz CT molecular complexity index is 1160. The van der Waals surface area contributed by atoms with Crippen molar-refractivity contribution in [2.24, 2.45) is 0 Å². The largest absolute Gasteiger partial charge is 0.497 e. The van der Waals surface area contributed by atoms with Gasteiger partial charge in [-0.3, -0.25) is 4.98 Å². The highest BCUT2D eigenvalue weighted by molar-refractivity contribution is 7.19. The molecule has 3 aromatic heterocycles. The number of aromatic nitrogens is 3. The number of nitrogens with one attached hydrogen (secondary N) is 1. The summed E-state index contributed by atoms with van der Waals surface area (Å²) in [4.78, 5) is 16.7. The number of hydrogen-bond acceptors (Lipinski definition) is 6. The number of pyridine rings is 1. The van der Waals surface area contributed by atoms with E-state index >= 15 is 0 Å². The maximum absolute atomic E-state index is 5.30. The number of nitrogens with zero attached hydrogens (tertiary/aromatic N) is 3. The third-order valence-corrected chi connectivity index (χ3v) is 6.77. The van der Waals surface area contributed by atoms with Crippen LogP contribution in [-0.4, -0.2) is 22.1 Å². The van der Waals surface area contributed by atoms with Gasteiger partial charge in [0.25, 0.3) is 0 Å². The van der Waals surface area contributed by atoms with Crippen molar-refractivity contribution in [2.45, 2.75) is 38.5 Å². The molecule has 6 heteroatoms. The Hall–Kier alpha value is -2.99. The van der Waals surface area contributed by atoms with Crippen molar-refractivity contribution in [2.75, 3.05) is 12.4 Å². The van der Waals surface area contributed by atoms with Crippen molar-refractivity contribution in [3.63, 3.8) is 0 Å². The van der Waals surface area contributed by atoms with Crippen LogP contribution < -0.4 is 10.1 Å². The highest BCUT2D eigenvalue weighted by Gasteiger charge is 2.20. The van der Waals surface area contributed by atoms with E-state index in [4.69, 9.17) is 14.7 Å². The van der Waals surface area contributed by atoms with Gasteiger partial charge in [0.05, 0.1) is 12.5 Å². The Morgan fingerprint density at radius 3 is 2.57 bits per heavy atom. The second-order valence-electron chi connectivity index (χ2n) is 7.59. The maximum atomic E-state index is 5.30. The Morgan fingerprint density at radius 1 is 0.967 bits per heavy atom. The molecule has 0 unspecified atom stereocenters. The van der Waals surface area contributed by atoms with Crippen LogP contribution in [0, 0.1) is 0 Å². The van der Waals surface area contributed by atoms with Gasteiger partial charge in [-0.15, -0.1) is 11.3 Å². The number of ether oxygens (including phenoxy) is 1. The van der Waals surface area contributed by atoms with Crippen molar-refractivity contribution in [3.8, 4) is 17.1 Å². The summed E-state index contributed by atoms with van der Waals surface area (Å²) in [6.45, 7) is 0. The number of anilines is 2. The van der Waals surface area contributed by atoms with E-state index in [2.05, 4.69) is 10.3 Å². The van der Waals surface area contributed by atoms with E-state index in [1.165, 1.54) is 41.5 Å². The minimum Gasteiger partial charge on any atom is -0.497 e. The van der Waals surface area contributed by atoms with E-state index in [1.807, 2.05) is 53.9 Å². The number of methoxy groups -OCH3 is 1.